The maximum Gasteiger partial charge on any atom is 0.134 e. The van der Waals surface area contributed by atoms with Crippen LogP contribution in [0.15, 0.2) is 30.3 Å². The van der Waals surface area contributed by atoms with E-state index >= 15 is 0 Å². The van der Waals surface area contributed by atoms with Gasteiger partial charge >= 0.3 is 0 Å². The van der Waals surface area contributed by atoms with E-state index in [1.807, 2.05) is 6.92 Å². The highest BCUT2D eigenvalue weighted by atomic mass is 15.0. The Morgan fingerprint density at radius 1 is 1.10 bits per heavy atom. The Morgan fingerprint density at radius 3 is 2.35 bits per heavy atom. The first-order valence-electron chi connectivity index (χ1n) is 7.30. The minimum Gasteiger partial charge on any atom is -0.315 e. The van der Waals surface area contributed by atoms with Gasteiger partial charge in [0.2, 0.25) is 0 Å². The Balaban J connectivity index is 1.94. The third kappa shape index (κ3) is 2.59. The summed E-state index contributed by atoms with van der Waals surface area (Å²) in [7, 11) is 0. The zero-order valence-corrected chi connectivity index (χ0v) is 12.4. The summed E-state index contributed by atoms with van der Waals surface area (Å²) in [4.78, 5) is 9.33. The standard InChI is InChI=1S/C17H21N3/c1-11(2)13-4-6-14(7-5-13)16-8-12(3)19-17(20-16)15-9-18-10-15/h4-8,11,15,18H,9-10H2,1-3H3. The van der Waals surface area contributed by atoms with Gasteiger partial charge < -0.3 is 5.32 Å². The molecule has 1 aromatic carbocycles. The van der Waals surface area contributed by atoms with Crippen LogP contribution in [0.5, 0.6) is 0 Å². The summed E-state index contributed by atoms with van der Waals surface area (Å²) in [5.74, 6) is 2.02. The van der Waals surface area contributed by atoms with Crippen molar-refractivity contribution in [1.82, 2.24) is 15.3 Å². The zero-order valence-electron chi connectivity index (χ0n) is 12.4. The number of rotatable bonds is 3. The highest BCUT2D eigenvalue weighted by Gasteiger charge is 2.22. The topological polar surface area (TPSA) is 37.8 Å². The third-order valence-electron chi connectivity index (χ3n) is 3.89. The molecule has 0 amide bonds. The second-order valence-electron chi connectivity index (χ2n) is 5.88. The molecule has 1 aromatic heterocycles. The minimum absolute atomic E-state index is 0.476. The maximum absolute atomic E-state index is 4.75. The minimum atomic E-state index is 0.476. The molecule has 3 heteroatoms. The monoisotopic (exact) mass is 267 g/mol. The van der Waals surface area contributed by atoms with E-state index in [9.17, 15) is 0 Å². The van der Waals surface area contributed by atoms with Crippen molar-refractivity contribution in [2.24, 2.45) is 0 Å². The molecule has 0 spiro atoms. The van der Waals surface area contributed by atoms with Crippen molar-refractivity contribution in [3.63, 3.8) is 0 Å². The van der Waals surface area contributed by atoms with Crippen molar-refractivity contribution in [3.8, 4) is 11.3 Å². The summed E-state index contributed by atoms with van der Waals surface area (Å²) in [5, 5.41) is 3.28. The summed E-state index contributed by atoms with van der Waals surface area (Å²) >= 11 is 0. The van der Waals surface area contributed by atoms with Crippen LogP contribution in [-0.4, -0.2) is 23.1 Å². The smallest absolute Gasteiger partial charge is 0.134 e. The van der Waals surface area contributed by atoms with Crippen LogP contribution < -0.4 is 5.32 Å². The molecule has 1 saturated heterocycles. The maximum atomic E-state index is 4.75. The number of aromatic nitrogens is 2. The Bertz CT molecular complexity index is 598. The van der Waals surface area contributed by atoms with E-state index in [4.69, 9.17) is 4.98 Å². The molecule has 0 aliphatic carbocycles. The molecule has 1 N–H and O–H groups in total. The summed E-state index contributed by atoms with van der Waals surface area (Å²) in [5.41, 5.74) is 4.62. The second-order valence-corrected chi connectivity index (χ2v) is 5.88. The molecule has 2 aromatic rings. The molecule has 1 fully saturated rings. The molecular weight excluding hydrogens is 246 g/mol. The van der Waals surface area contributed by atoms with Gasteiger partial charge in [-0.3, -0.25) is 0 Å². The molecule has 1 aliphatic rings. The van der Waals surface area contributed by atoms with Gasteiger partial charge in [0.25, 0.3) is 0 Å². The van der Waals surface area contributed by atoms with Gasteiger partial charge in [-0.15, -0.1) is 0 Å². The third-order valence-corrected chi connectivity index (χ3v) is 3.89. The first-order valence-corrected chi connectivity index (χ1v) is 7.30. The van der Waals surface area contributed by atoms with E-state index in [1.54, 1.807) is 0 Å². The SMILES string of the molecule is Cc1cc(-c2ccc(C(C)C)cc2)nc(C2CNC2)n1. The fraction of sp³-hybridized carbons (Fsp3) is 0.412. The lowest BCUT2D eigenvalue weighted by atomic mass is 9.99. The van der Waals surface area contributed by atoms with Crippen LogP contribution >= 0.6 is 0 Å². The van der Waals surface area contributed by atoms with Gasteiger partial charge in [0.1, 0.15) is 5.82 Å². The second kappa shape index (κ2) is 5.33. The predicted molar refractivity (Wildman–Crippen MR) is 81.9 cm³/mol. The number of hydrogen-bond donors (Lipinski definition) is 1. The highest BCUT2D eigenvalue weighted by molar-refractivity contribution is 5.60. The van der Waals surface area contributed by atoms with E-state index in [2.05, 4.69) is 54.5 Å². The summed E-state index contributed by atoms with van der Waals surface area (Å²) in [6.45, 7) is 8.46. The van der Waals surface area contributed by atoms with Gasteiger partial charge in [0.15, 0.2) is 0 Å². The molecule has 3 nitrogen and oxygen atoms in total. The van der Waals surface area contributed by atoms with Gasteiger partial charge in [-0.1, -0.05) is 38.1 Å². The Kier molecular flexibility index (Phi) is 3.53. The van der Waals surface area contributed by atoms with Gasteiger partial charge in [0.05, 0.1) is 5.69 Å². The number of aryl methyl sites for hydroxylation is 1. The van der Waals surface area contributed by atoms with Crippen molar-refractivity contribution >= 4 is 0 Å². The van der Waals surface area contributed by atoms with Gasteiger partial charge in [-0.05, 0) is 24.5 Å². The van der Waals surface area contributed by atoms with Crippen LogP contribution in [0.4, 0.5) is 0 Å². The Hall–Kier alpha value is -1.74. The number of hydrogen-bond acceptors (Lipinski definition) is 3. The van der Waals surface area contributed by atoms with Crippen LogP contribution in [0.1, 0.15) is 42.8 Å². The fourth-order valence-electron chi connectivity index (χ4n) is 2.43. The van der Waals surface area contributed by atoms with Gasteiger partial charge in [-0.25, -0.2) is 9.97 Å². The molecule has 2 heterocycles. The van der Waals surface area contributed by atoms with Gasteiger partial charge in [0, 0.05) is 30.3 Å². The number of benzene rings is 1. The first kappa shape index (κ1) is 13.3. The molecule has 0 bridgehead atoms. The quantitative estimate of drug-likeness (QED) is 0.927. The molecule has 20 heavy (non-hydrogen) atoms. The van der Waals surface area contributed by atoms with Crippen LogP contribution in [0, 0.1) is 6.92 Å². The molecule has 0 radical (unpaired) electrons. The number of nitrogens with one attached hydrogen (secondary N) is 1. The lowest BCUT2D eigenvalue weighted by molar-refractivity contribution is 0.429. The van der Waals surface area contributed by atoms with Crippen molar-refractivity contribution in [2.45, 2.75) is 32.6 Å². The fourth-order valence-corrected chi connectivity index (χ4v) is 2.43. The van der Waals surface area contributed by atoms with Crippen LogP contribution in [0.3, 0.4) is 0 Å². The highest BCUT2D eigenvalue weighted by Crippen LogP contribution is 2.24. The van der Waals surface area contributed by atoms with Gasteiger partial charge in [-0.2, -0.15) is 0 Å². The zero-order chi connectivity index (χ0) is 14.1. The average Bonchev–Trinajstić information content (AvgIpc) is 2.36. The lowest BCUT2D eigenvalue weighted by Gasteiger charge is -2.26. The van der Waals surface area contributed by atoms with Crippen molar-refractivity contribution in [2.75, 3.05) is 13.1 Å². The first-order chi connectivity index (χ1) is 9.63. The van der Waals surface area contributed by atoms with Crippen LogP contribution in [0.25, 0.3) is 11.3 Å². The molecule has 0 saturated carbocycles. The van der Waals surface area contributed by atoms with E-state index in [0.717, 1.165) is 30.3 Å². The lowest BCUT2D eigenvalue weighted by Crippen LogP contribution is -2.41. The molecular formula is C17H21N3. The molecule has 104 valence electrons. The normalized spacial score (nSPS) is 15.4. The molecule has 3 rings (SSSR count). The van der Waals surface area contributed by atoms with E-state index in [-0.39, 0.29) is 0 Å². The van der Waals surface area contributed by atoms with E-state index in [1.165, 1.54) is 11.1 Å². The van der Waals surface area contributed by atoms with Crippen molar-refractivity contribution in [1.29, 1.82) is 0 Å². The van der Waals surface area contributed by atoms with Crippen LogP contribution in [-0.2, 0) is 0 Å². The molecule has 0 unspecified atom stereocenters. The summed E-state index contributed by atoms with van der Waals surface area (Å²) < 4.78 is 0. The largest absolute Gasteiger partial charge is 0.315 e. The van der Waals surface area contributed by atoms with Crippen LogP contribution in [0.2, 0.25) is 0 Å². The Morgan fingerprint density at radius 2 is 1.80 bits per heavy atom. The van der Waals surface area contributed by atoms with E-state index in [0.29, 0.717) is 11.8 Å². The summed E-state index contributed by atoms with van der Waals surface area (Å²) in [6, 6.07) is 10.8. The number of nitrogens with zero attached hydrogens (tertiary/aromatic N) is 2. The summed E-state index contributed by atoms with van der Waals surface area (Å²) in [6.07, 6.45) is 0. The average molecular weight is 267 g/mol. The molecule has 1 aliphatic heterocycles. The van der Waals surface area contributed by atoms with Crippen molar-refractivity contribution < 1.29 is 0 Å². The Labute approximate surface area is 120 Å². The van der Waals surface area contributed by atoms with Crippen molar-refractivity contribution in [3.05, 3.63) is 47.4 Å². The van der Waals surface area contributed by atoms with E-state index < -0.39 is 0 Å². The predicted octanol–water partition coefficient (Wildman–Crippen LogP) is 3.26. The molecule has 0 atom stereocenters.